The number of ether oxygens (including phenoxy) is 1. The van der Waals surface area contributed by atoms with Gasteiger partial charge in [-0.25, -0.2) is 8.42 Å². The summed E-state index contributed by atoms with van der Waals surface area (Å²) in [5.41, 5.74) is 3.45. The van der Waals surface area contributed by atoms with Gasteiger partial charge in [0.1, 0.15) is 0 Å². The van der Waals surface area contributed by atoms with Crippen LogP contribution < -0.4 is 0 Å². The molecule has 0 aliphatic carbocycles. The Balaban J connectivity index is 2.16. The van der Waals surface area contributed by atoms with Crippen molar-refractivity contribution in [1.82, 2.24) is 4.31 Å². The Morgan fingerprint density at radius 3 is 2.00 bits per heavy atom. The Morgan fingerprint density at radius 1 is 1.07 bits per heavy atom. The van der Waals surface area contributed by atoms with Gasteiger partial charge >= 0.3 is 5.97 Å². The molecule has 0 saturated carbocycles. The highest BCUT2D eigenvalue weighted by atomic mass is 32.2. The summed E-state index contributed by atoms with van der Waals surface area (Å²) in [6.45, 7) is 11.0. The lowest BCUT2D eigenvalue weighted by atomic mass is 9.98. The molecule has 27 heavy (non-hydrogen) atoms. The molecule has 1 atom stereocenters. The van der Waals surface area contributed by atoms with E-state index in [1.807, 2.05) is 33.8 Å². The number of piperidine rings is 1. The molecule has 150 valence electrons. The van der Waals surface area contributed by atoms with E-state index in [1.54, 1.807) is 6.92 Å². The number of rotatable bonds is 5. The average Bonchev–Trinajstić information content (AvgIpc) is 2.60. The molecule has 1 aliphatic heterocycles. The monoisotopic (exact) mass is 395 g/mol. The first-order valence-electron chi connectivity index (χ1n) is 9.25. The third kappa shape index (κ3) is 4.41. The predicted molar refractivity (Wildman–Crippen MR) is 103 cm³/mol. The Hall–Kier alpha value is -1.73. The van der Waals surface area contributed by atoms with Crippen molar-refractivity contribution in [3.63, 3.8) is 0 Å². The van der Waals surface area contributed by atoms with Crippen LogP contribution in [0.4, 0.5) is 0 Å². The van der Waals surface area contributed by atoms with Crippen LogP contribution in [0.5, 0.6) is 0 Å². The first-order valence-corrected chi connectivity index (χ1v) is 10.7. The van der Waals surface area contributed by atoms with Gasteiger partial charge in [0.15, 0.2) is 11.9 Å². The number of hydrogen-bond acceptors (Lipinski definition) is 5. The molecule has 0 amide bonds. The Bertz CT molecular complexity index is 825. The van der Waals surface area contributed by atoms with Gasteiger partial charge in [-0.1, -0.05) is 6.07 Å². The van der Waals surface area contributed by atoms with Gasteiger partial charge in [0.05, 0.1) is 10.8 Å². The quantitative estimate of drug-likeness (QED) is 0.716. The molecule has 1 fully saturated rings. The highest BCUT2D eigenvalue weighted by Gasteiger charge is 2.35. The van der Waals surface area contributed by atoms with Gasteiger partial charge < -0.3 is 4.74 Å². The number of nitrogens with zero attached hydrogens (tertiary/aromatic N) is 1. The predicted octanol–water partition coefficient (Wildman–Crippen LogP) is 2.84. The van der Waals surface area contributed by atoms with E-state index in [0.717, 1.165) is 22.3 Å². The molecule has 0 aromatic heterocycles. The van der Waals surface area contributed by atoms with Crippen LogP contribution in [0.25, 0.3) is 0 Å². The normalized spacial score (nSPS) is 17.6. The van der Waals surface area contributed by atoms with E-state index in [-0.39, 0.29) is 24.8 Å². The van der Waals surface area contributed by atoms with E-state index in [9.17, 15) is 18.0 Å². The molecular weight excluding hydrogens is 366 g/mol. The topological polar surface area (TPSA) is 80.8 Å². The Kier molecular flexibility index (Phi) is 6.47. The van der Waals surface area contributed by atoms with Crippen molar-refractivity contribution in [1.29, 1.82) is 0 Å². The van der Waals surface area contributed by atoms with Crippen molar-refractivity contribution in [3.8, 4) is 0 Å². The van der Waals surface area contributed by atoms with Gasteiger partial charge in [0, 0.05) is 13.1 Å². The molecule has 0 spiro atoms. The van der Waals surface area contributed by atoms with Crippen molar-refractivity contribution in [2.24, 2.45) is 5.92 Å². The van der Waals surface area contributed by atoms with E-state index in [0.29, 0.717) is 17.7 Å². The molecule has 1 aliphatic rings. The molecule has 1 aromatic rings. The van der Waals surface area contributed by atoms with E-state index in [2.05, 4.69) is 0 Å². The number of sulfonamides is 1. The number of benzene rings is 1. The van der Waals surface area contributed by atoms with Gasteiger partial charge in [-0.3, -0.25) is 9.59 Å². The fraction of sp³-hybridized carbons (Fsp3) is 0.600. The van der Waals surface area contributed by atoms with Gasteiger partial charge in [0.2, 0.25) is 10.0 Å². The third-order valence-corrected chi connectivity index (χ3v) is 7.72. The van der Waals surface area contributed by atoms with E-state index in [1.165, 1.54) is 11.2 Å². The van der Waals surface area contributed by atoms with Crippen LogP contribution in [0.2, 0.25) is 0 Å². The number of esters is 1. The zero-order valence-corrected chi connectivity index (χ0v) is 17.8. The standard InChI is InChI=1S/C20H29NO5S/c1-12-11-13(2)15(4)19(14(12)3)27(24,25)21-9-7-18(8-10-21)20(23)26-17(6)16(5)22/h11,17-18H,7-10H2,1-6H3/t17-/m0/s1. The Labute approximate surface area is 161 Å². The maximum absolute atomic E-state index is 13.2. The lowest BCUT2D eigenvalue weighted by molar-refractivity contribution is -0.158. The molecule has 0 radical (unpaired) electrons. The lowest BCUT2D eigenvalue weighted by Crippen LogP contribution is -2.41. The average molecular weight is 396 g/mol. The smallest absolute Gasteiger partial charge is 0.309 e. The first kappa shape index (κ1) is 21.6. The highest BCUT2D eigenvalue weighted by Crippen LogP contribution is 2.31. The first-order chi connectivity index (χ1) is 12.5. The van der Waals surface area contributed by atoms with Crippen molar-refractivity contribution in [2.75, 3.05) is 13.1 Å². The minimum atomic E-state index is -3.63. The molecule has 7 heteroatoms. The van der Waals surface area contributed by atoms with Gasteiger partial charge in [-0.15, -0.1) is 0 Å². The van der Waals surface area contributed by atoms with Crippen molar-refractivity contribution in [3.05, 3.63) is 28.3 Å². The summed E-state index contributed by atoms with van der Waals surface area (Å²) in [4.78, 5) is 23.8. The summed E-state index contributed by atoms with van der Waals surface area (Å²) in [7, 11) is -3.63. The number of carbonyl (C=O) groups is 2. The molecule has 6 nitrogen and oxygen atoms in total. The Morgan fingerprint density at radius 2 is 1.56 bits per heavy atom. The number of aryl methyl sites for hydroxylation is 2. The summed E-state index contributed by atoms with van der Waals surface area (Å²) in [6.07, 6.45) is 0.0248. The molecule has 2 rings (SSSR count). The van der Waals surface area contributed by atoms with Crippen LogP contribution in [0.15, 0.2) is 11.0 Å². The van der Waals surface area contributed by atoms with E-state index >= 15 is 0 Å². The van der Waals surface area contributed by atoms with Crippen molar-refractivity contribution >= 4 is 21.8 Å². The molecule has 1 heterocycles. The highest BCUT2D eigenvalue weighted by molar-refractivity contribution is 7.89. The van der Waals surface area contributed by atoms with Crippen LogP contribution in [0.3, 0.4) is 0 Å². The zero-order chi connectivity index (χ0) is 20.5. The van der Waals surface area contributed by atoms with Crippen LogP contribution in [0.1, 0.15) is 48.9 Å². The molecular formula is C20H29NO5S. The van der Waals surface area contributed by atoms with Crippen LogP contribution in [0, 0.1) is 33.6 Å². The van der Waals surface area contributed by atoms with Crippen molar-refractivity contribution in [2.45, 2.75) is 65.4 Å². The third-order valence-electron chi connectivity index (χ3n) is 5.55. The summed E-state index contributed by atoms with van der Waals surface area (Å²) in [5.74, 6) is -1.00. The van der Waals surface area contributed by atoms with Crippen LogP contribution in [-0.4, -0.2) is 43.7 Å². The summed E-state index contributed by atoms with van der Waals surface area (Å²) in [5, 5.41) is 0. The summed E-state index contributed by atoms with van der Waals surface area (Å²) >= 11 is 0. The summed E-state index contributed by atoms with van der Waals surface area (Å²) < 4.78 is 33.1. The minimum absolute atomic E-state index is 0.205. The summed E-state index contributed by atoms with van der Waals surface area (Å²) in [6, 6.07) is 2.00. The molecule has 1 saturated heterocycles. The second-order valence-corrected chi connectivity index (χ2v) is 9.33. The number of carbonyl (C=O) groups excluding carboxylic acids is 2. The fourth-order valence-electron chi connectivity index (χ4n) is 3.38. The van der Waals surface area contributed by atoms with Gasteiger partial charge in [0.25, 0.3) is 0 Å². The second-order valence-electron chi connectivity index (χ2n) is 7.46. The molecule has 0 N–H and O–H groups in total. The minimum Gasteiger partial charge on any atom is -0.454 e. The van der Waals surface area contributed by atoms with Gasteiger partial charge in [-0.05, 0) is 76.6 Å². The van der Waals surface area contributed by atoms with E-state index in [4.69, 9.17) is 4.74 Å². The number of ketones is 1. The van der Waals surface area contributed by atoms with E-state index < -0.39 is 22.1 Å². The molecule has 0 bridgehead atoms. The second kappa shape index (κ2) is 8.10. The van der Waals surface area contributed by atoms with Crippen LogP contribution in [-0.2, 0) is 24.3 Å². The molecule has 1 aromatic carbocycles. The number of Topliss-reactive ketones (excluding diaryl/α,β-unsaturated/α-hetero) is 1. The maximum atomic E-state index is 13.2. The maximum Gasteiger partial charge on any atom is 0.309 e. The zero-order valence-electron chi connectivity index (χ0n) is 17.0. The largest absolute Gasteiger partial charge is 0.454 e. The lowest BCUT2D eigenvalue weighted by Gasteiger charge is -2.31. The number of hydrogen-bond donors (Lipinski definition) is 0. The SMILES string of the molecule is CC(=O)[C@H](C)OC(=O)C1CCN(S(=O)(=O)c2c(C)c(C)cc(C)c2C)CC1. The fourth-order valence-corrected chi connectivity index (χ4v) is 5.43. The van der Waals surface area contributed by atoms with Crippen molar-refractivity contribution < 1.29 is 22.7 Å². The van der Waals surface area contributed by atoms with Gasteiger partial charge in [-0.2, -0.15) is 4.31 Å². The van der Waals surface area contributed by atoms with Crippen LogP contribution >= 0.6 is 0 Å². The molecule has 0 unspecified atom stereocenters.